The minimum absolute atomic E-state index is 0.104. The fourth-order valence-corrected chi connectivity index (χ4v) is 4.47. The molecule has 7 nitrogen and oxygen atoms in total. The minimum atomic E-state index is -0.645. The summed E-state index contributed by atoms with van der Waals surface area (Å²) in [6.07, 6.45) is 0. The normalized spacial score (nSPS) is 11.3. The molecule has 0 aliphatic carbocycles. The van der Waals surface area contributed by atoms with E-state index in [1.54, 1.807) is 25.3 Å². The van der Waals surface area contributed by atoms with Crippen molar-refractivity contribution < 1.29 is 23.5 Å². The van der Waals surface area contributed by atoms with Crippen LogP contribution in [0.4, 0.5) is 10.1 Å². The Bertz CT molecular complexity index is 1470. The van der Waals surface area contributed by atoms with Crippen molar-refractivity contribution in [3.63, 3.8) is 0 Å². The maximum atomic E-state index is 14.0. The zero-order valence-electron chi connectivity index (χ0n) is 23.4. The molecule has 4 aromatic rings. The maximum Gasteiger partial charge on any atom is 0.251 e. The summed E-state index contributed by atoms with van der Waals surface area (Å²) >= 11 is 0. The lowest BCUT2D eigenvalue weighted by Crippen LogP contribution is -2.39. The number of ether oxygens (including phenoxy) is 2. The van der Waals surface area contributed by atoms with Crippen LogP contribution in [0.1, 0.15) is 27.4 Å². The number of anilines is 1. The summed E-state index contributed by atoms with van der Waals surface area (Å²) in [6.45, 7) is 2.92. The van der Waals surface area contributed by atoms with Crippen molar-refractivity contribution in [2.24, 2.45) is 0 Å². The molecule has 0 heterocycles. The van der Waals surface area contributed by atoms with Gasteiger partial charge in [0, 0.05) is 36.4 Å². The monoisotopic (exact) mass is 555 g/mol. The van der Waals surface area contributed by atoms with Gasteiger partial charge in [-0.25, -0.2) is 4.39 Å². The summed E-state index contributed by atoms with van der Waals surface area (Å²) in [5.41, 5.74) is 4.48. The number of benzene rings is 4. The number of carbonyl (C=O) groups excluding carboxylic acids is 2. The highest BCUT2D eigenvalue weighted by Gasteiger charge is 2.22. The number of aryl methyl sites for hydroxylation is 1. The molecule has 2 amide bonds. The molecule has 0 aliphatic rings. The van der Waals surface area contributed by atoms with Crippen molar-refractivity contribution in [2.45, 2.75) is 12.8 Å². The minimum Gasteiger partial charge on any atom is -0.497 e. The Morgan fingerprint density at radius 2 is 1.59 bits per heavy atom. The molecule has 4 aromatic carbocycles. The van der Waals surface area contributed by atoms with E-state index >= 15 is 0 Å². The molecule has 212 valence electrons. The Kier molecular flexibility index (Phi) is 9.94. The summed E-state index contributed by atoms with van der Waals surface area (Å²) < 4.78 is 24.5. The molecule has 41 heavy (non-hydrogen) atoms. The third-order valence-electron chi connectivity index (χ3n) is 6.69. The average Bonchev–Trinajstić information content (AvgIpc) is 3.00. The number of methoxy groups -OCH3 is 2. The topological polar surface area (TPSA) is 88.7 Å². The van der Waals surface area contributed by atoms with Crippen molar-refractivity contribution in [2.75, 3.05) is 39.2 Å². The van der Waals surface area contributed by atoms with Gasteiger partial charge in [0.25, 0.3) is 5.91 Å². The van der Waals surface area contributed by atoms with Crippen molar-refractivity contribution in [1.29, 1.82) is 0 Å². The van der Waals surface area contributed by atoms with Crippen LogP contribution < -0.4 is 25.4 Å². The van der Waals surface area contributed by atoms with Gasteiger partial charge in [-0.3, -0.25) is 9.59 Å². The van der Waals surface area contributed by atoms with Crippen molar-refractivity contribution in [3.8, 4) is 22.6 Å². The van der Waals surface area contributed by atoms with E-state index in [1.807, 2.05) is 67.6 Å². The second-order valence-electron chi connectivity index (χ2n) is 9.55. The standard InChI is InChI=1S/C33H34FN3O4/c1-22-5-4-6-25(19-22)32(38)37-21-30(33(39)36-18-17-35-27-12-14-28(40-2)15-13-27)24-9-7-23(8-10-24)29-20-26(34)11-16-31(29)41-3/h4-16,19-20,30,35H,17-18,21H2,1-3H3,(H,36,39)(H,37,38). The molecule has 0 saturated heterocycles. The third kappa shape index (κ3) is 7.85. The lowest BCUT2D eigenvalue weighted by Gasteiger charge is -2.19. The number of carbonyl (C=O) groups is 2. The molecule has 0 fully saturated rings. The van der Waals surface area contributed by atoms with Gasteiger partial charge in [-0.2, -0.15) is 0 Å². The molecule has 0 aromatic heterocycles. The van der Waals surface area contributed by atoms with E-state index < -0.39 is 5.92 Å². The number of amides is 2. The quantitative estimate of drug-likeness (QED) is 0.199. The summed E-state index contributed by atoms with van der Waals surface area (Å²) in [4.78, 5) is 26.2. The van der Waals surface area contributed by atoms with E-state index in [9.17, 15) is 14.0 Å². The maximum absolute atomic E-state index is 14.0. The van der Waals surface area contributed by atoms with Crippen LogP contribution in [0.15, 0.2) is 91.0 Å². The fraction of sp³-hybridized carbons (Fsp3) is 0.212. The van der Waals surface area contributed by atoms with E-state index in [-0.39, 0.29) is 24.2 Å². The lowest BCUT2D eigenvalue weighted by atomic mass is 9.94. The summed E-state index contributed by atoms with van der Waals surface area (Å²) in [5, 5.41) is 9.15. The molecule has 1 atom stereocenters. The second-order valence-corrected chi connectivity index (χ2v) is 9.55. The Morgan fingerprint density at radius 1 is 0.829 bits per heavy atom. The molecular weight excluding hydrogens is 521 g/mol. The van der Waals surface area contributed by atoms with Crippen LogP contribution in [0.25, 0.3) is 11.1 Å². The van der Waals surface area contributed by atoms with Gasteiger partial charge in [-0.15, -0.1) is 0 Å². The smallest absolute Gasteiger partial charge is 0.251 e. The van der Waals surface area contributed by atoms with Crippen LogP contribution in [0.5, 0.6) is 11.5 Å². The van der Waals surface area contributed by atoms with Crippen molar-refractivity contribution >= 4 is 17.5 Å². The van der Waals surface area contributed by atoms with Crippen molar-refractivity contribution in [1.82, 2.24) is 10.6 Å². The SMILES string of the molecule is COc1ccc(NCCNC(=O)C(CNC(=O)c2cccc(C)c2)c2ccc(-c3cc(F)ccc3OC)cc2)cc1. The highest BCUT2D eigenvalue weighted by molar-refractivity contribution is 5.95. The Hall–Kier alpha value is -4.85. The van der Waals surface area contributed by atoms with Gasteiger partial charge in [0.15, 0.2) is 0 Å². The number of rotatable bonds is 12. The van der Waals surface area contributed by atoms with E-state index in [0.29, 0.717) is 35.5 Å². The lowest BCUT2D eigenvalue weighted by molar-refractivity contribution is -0.122. The predicted molar refractivity (Wildman–Crippen MR) is 159 cm³/mol. The molecular formula is C33H34FN3O4. The zero-order valence-corrected chi connectivity index (χ0v) is 23.4. The molecule has 4 rings (SSSR count). The summed E-state index contributed by atoms with van der Waals surface area (Å²) in [7, 11) is 3.15. The first-order chi connectivity index (χ1) is 19.9. The molecule has 0 saturated carbocycles. The molecule has 0 radical (unpaired) electrons. The van der Waals surface area contributed by atoms with Gasteiger partial charge < -0.3 is 25.4 Å². The molecule has 1 unspecified atom stereocenters. The number of hydrogen-bond acceptors (Lipinski definition) is 5. The van der Waals surface area contributed by atoms with Crippen molar-refractivity contribution in [3.05, 3.63) is 114 Å². The predicted octanol–water partition coefficient (Wildman–Crippen LogP) is 5.56. The van der Waals surface area contributed by atoms with E-state index in [4.69, 9.17) is 9.47 Å². The van der Waals surface area contributed by atoms with E-state index in [0.717, 1.165) is 22.6 Å². The van der Waals surface area contributed by atoms with E-state index in [1.165, 1.54) is 19.2 Å². The first-order valence-corrected chi connectivity index (χ1v) is 13.3. The average molecular weight is 556 g/mol. The molecule has 0 aliphatic heterocycles. The first kappa shape index (κ1) is 29.1. The first-order valence-electron chi connectivity index (χ1n) is 13.3. The number of halogens is 1. The Labute approximate surface area is 239 Å². The van der Waals surface area contributed by atoms with Gasteiger partial charge in [-0.1, -0.05) is 42.0 Å². The van der Waals surface area contributed by atoms with Crippen LogP contribution in [-0.4, -0.2) is 45.7 Å². The van der Waals surface area contributed by atoms with Crippen LogP contribution in [0.3, 0.4) is 0 Å². The molecule has 0 bridgehead atoms. The van der Waals surface area contributed by atoms with E-state index in [2.05, 4.69) is 16.0 Å². The van der Waals surface area contributed by atoms with Crippen LogP contribution >= 0.6 is 0 Å². The summed E-state index contributed by atoms with van der Waals surface area (Å²) in [5.74, 6) is -0.183. The van der Waals surface area contributed by atoms with Gasteiger partial charge in [0.05, 0.1) is 20.1 Å². The fourth-order valence-electron chi connectivity index (χ4n) is 4.47. The largest absolute Gasteiger partial charge is 0.497 e. The zero-order chi connectivity index (χ0) is 29.2. The van der Waals surface area contributed by atoms with Gasteiger partial charge in [-0.05, 0) is 72.6 Å². The van der Waals surface area contributed by atoms with Crippen LogP contribution in [0, 0.1) is 12.7 Å². The third-order valence-corrected chi connectivity index (χ3v) is 6.69. The van der Waals surface area contributed by atoms with Gasteiger partial charge in [0.2, 0.25) is 5.91 Å². The molecule has 3 N–H and O–H groups in total. The highest BCUT2D eigenvalue weighted by atomic mass is 19.1. The Balaban J connectivity index is 1.47. The molecule has 8 heteroatoms. The van der Waals surface area contributed by atoms with Gasteiger partial charge >= 0.3 is 0 Å². The number of nitrogens with one attached hydrogen (secondary N) is 3. The molecule has 0 spiro atoms. The highest BCUT2D eigenvalue weighted by Crippen LogP contribution is 2.31. The Morgan fingerprint density at radius 3 is 2.27 bits per heavy atom. The van der Waals surface area contributed by atoms with Crippen LogP contribution in [-0.2, 0) is 4.79 Å². The van der Waals surface area contributed by atoms with Crippen LogP contribution in [0.2, 0.25) is 0 Å². The number of hydrogen-bond donors (Lipinski definition) is 3. The second kappa shape index (κ2) is 14.0. The van der Waals surface area contributed by atoms with Gasteiger partial charge in [0.1, 0.15) is 17.3 Å². The summed E-state index contributed by atoms with van der Waals surface area (Å²) in [6, 6.07) is 26.4.